The van der Waals surface area contributed by atoms with Crippen molar-refractivity contribution in [1.29, 1.82) is 0 Å². The molecule has 0 atom stereocenters. The van der Waals surface area contributed by atoms with Crippen LogP contribution in [0.3, 0.4) is 0 Å². The van der Waals surface area contributed by atoms with Crippen molar-refractivity contribution in [2.24, 2.45) is 0 Å². The summed E-state index contributed by atoms with van der Waals surface area (Å²) in [6.45, 7) is 8.03. The number of nitrogens with zero attached hydrogens (tertiary/aromatic N) is 2. The fourth-order valence-electron chi connectivity index (χ4n) is 1.89. The summed E-state index contributed by atoms with van der Waals surface area (Å²) < 4.78 is 6.48. The van der Waals surface area contributed by atoms with E-state index in [2.05, 4.69) is 21.6 Å². The molecule has 22 heavy (non-hydrogen) atoms. The summed E-state index contributed by atoms with van der Waals surface area (Å²) in [6.07, 6.45) is 0. The van der Waals surface area contributed by atoms with Gasteiger partial charge in [0.05, 0.1) is 0 Å². The van der Waals surface area contributed by atoms with Crippen molar-refractivity contribution in [1.82, 2.24) is 10.2 Å². The predicted molar refractivity (Wildman–Crippen MR) is 91.1 cm³/mol. The van der Waals surface area contributed by atoms with Gasteiger partial charge in [-0.1, -0.05) is 36.1 Å². The number of nitrogens with one attached hydrogen (secondary N) is 1. The van der Waals surface area contributed by atoms with E-state index < -0.39 is 0 Å². The van der Waals surface area contributed by atoms with Crippen molar-refractivity contribution in [2.45, 2.75) is 32.0 Å². The number of ether oxygens (including phenoxy) is 1. The highest BCUT2D eigenvalue weighted by atomic mass is 32.2. The van der Waals surface area contributed by atoms with Crippen molar-refractivity contribution in [2.75, 3.05) is 17.7 Å². The molecule has 0 radical (unpaired) electrons. The second-order valence-corrected chi connectivity index (χ2v) is 7.34. The van der Waals surface area contributed by atoms with Gasteiger partial charge in [0.25, 0.3) is 5.91 Å². The van der Waals surface area contributed by atoms with Crippen molar-refractivity contribution >= 4 is 34.1 Å². The Morgan fingerprint density at radius 3 is 2.82 bits per heavy atom. The molecular formula is C15H19N3O2S2. The first kappa shape index (κ1) is 16.8. The maximum atomic E-state index is 11.9. The maximum Gasteiger partial charge on any atom is 0.264 e. The molecule has 0 fully saturated rings. The van der Waals surface area contributed by atoms with Gasteiger partial charge in [-0.3, -0.25) is 10.1 Å². The normalized spacial score (nSPS) is 10.5. The molecule has 1 aromatic carbocycles. The smallest absolute Gasteiger partial charge is 0.264 e. The molecule has 1 heterocycles. The lowest BCUT2D eigenvalue weighted by Crippen LogP contribution is -2.20. The van der Waals surface area contributed by atoms with E-state index >= 15 is 0 Å². The summed E-state index contributed by atoms with van der Waals surface area (Å²) in [4.78, 5) is 11.9. The Bertz CT molecular complexity index is 671. The molecule has 0 aliphatic rings. The molecule has 2 aromatic rings. The van der Waals surface area contributed by atoms with E-state index in [0.717, 1.165) is 32.5 Å². The van der Waals surface area contributed by atoms with Crippen LogP contribution in [0, 0.1) is 20.8 Å². The Hall–Kier alpha value is -1.60. The first-order valence-corrected chi connectivity index (χ1v) is 8.76. The van der Waals surface area contributed by atoms with Crippen LogP contribution in [0.5, 0.6) is 5.75 Å². The number of aromatic nitrogens is 2. The van der Waals surface area contributed by atoms with Crippen molar-refractivity contribution < 1.29 is 9.53 Å². The molecule has 0 bridgehead atoms. The number of aryl methyl sites for hydroxylation is 2. The van der Waals surface area contributed by atoms with E-state index in [-0.39, 0.29) is 12.5 Å². The van der Waals surface area contributed by atoms with Crippen LogP contribution in [0.15, 0.2) is 16.5 Å². The summed E-state index contributed by atoms with van der Waals surface area (Å²) in [6, 6.07) is 4.03. The molecular weight excluding hydrogens is 318 g/mol. The molecule has 0 saturated heterocycles. The number of rotatable bonds is 6. The van der Waals surface area contributed by atoms with Gasteiger partial charge in [0.1, 0.15) is 5.75 Å². The Morgan fingerprint density at radius 1 is 1.32 bits per heavy atom. The number of hydrogen-bond donors (Lipinski definition) is 1. The fraction of sp³-hybridized carbons (Fsp3) is 0.400. The van der Waals surface area contributed by atoms with Gasteiger partial charge in [-0.05, 0) is 49.3 Å². The minimum Gasteiger partial charge on any atom is -0.483 e. The minimum atomic E-state index is -0.234. The Labute approximate surface area is 138 Å². The number of thioether (sulfide) groups is 1. The molecule has 0 aliphatic heterocycles. The lowest BCUT2D eigenvalue weighted by atomic mass is 10.1. The largest absolute Gasteiger partial charge is 0.483 e. The van der Waals surface area contributed by atoms with Crippen LogP contribution in [0.2, 0.25) is 0 Å². The van der Waals surface area contributed by atoms with Gasteiger partial charge in [-0.15, -0.1) is 10.2 Å². The number of hydrogen-bond acceptors (Lipinski definition) is 6. The monoisotopic (exact) mass is 337 g/mol. The molecule has 1 aromatic heterocycles. The maximum absolute atomic E-state index is 11.9. The number of carbonyl (C=O) groups excluding carboxylic acids is 1. The van der Waals surface area contributed by atoms with Gasteiger partial charge in [0.15, 0.2) is 10.9 Å². The zero-order valence-corrected chi connectivity index (χ0v) is 14.7. The van der Waals surface area contributed by atoms with Crippen LogP contribution in [-0.4, -0.2) is 28.5 Å². The van der Waals surface area contributed by atoms with Crippen LogP contribution >= 0.6 is 23.1 Å². The molecule has 1 amide bonds. The predicted octanol–water partition coefficient (Wildman–Crippen LogP) is 3.59. The van der Waals surface area contributed by atoms with Gasteiger partial charge in [-0.2, -0.15) is 0 Å². The highest BCUT2D eigenvalue weighted by molar-refractivity contribution is 8.01. The molecule has 0 saturated carbocycles. The first-order chi connectivity index (χ1) is 10.5. The van der Waals surface area contributed by atoms with Crippen molar-refractivity contribution in [3.63, 3.8) is 0 Å². The van der Waals surface area contributed by atoms with Gasteiger partial charge in [-0.25, -0.2) is 0 Å². The SMILES string of the molecule is CCSc1nnc(NC(=O)COc2cc(C)cc(C)c2C)s1. The summed E-state index contributed by atoms with van der Waals surface area (Å²) in [5.41, 5.74) is 3.32. The van der Waals surface area contributed by atoms with Crippen molar-refractivity contribution in [3.05, 3.63) is 28.8 Å². The van der Waals surface area contributed by atoms with E-state index in [0.29, 0.717) is 5.13 Å². The highest BCUT2D eigenvalue weighted by Gasteiger charge is 2.10. The summed E-state index contributed by atoms with van der Waals surface area (Å²) in [5, 5.41) is 11.1. The van der Waals surface area contributed by atoms with E-state index in [1.165, 1.54) is 11.3 Å². The second kappa shape index (κ2) is 7.60. The van der Waals surface area contributed by atoms with Gasteiger partial charge >= 0.3 is 0 Å². The van der Waals surface area contributed by atoms with Gasteiger partial charge in [0, 0.05) is 0 Å². The van der Waals surface area contributed by atoms with E-state index in [9.17, 15) is 4.79 Å². The lowest BCUT2D eigenvalue weighted by Gasteiger charge is -2.11. The molecule has 5 nitrogen and oxygen atoms in total. The topological polar surface area (TPSA) is 64.1 Å². The molecule has 2 rings (SSSR count). The van der Waals surface area contributed by atoms with Gasteiger partial charge in [0.2, 0.25) is 5.13 Å². The first-order valence-electron chi connectivity index (χ1n) is 6.96. The van der Waals surface area contributed by atoms with Crippen LogP contribution in [0.1, 0.15) is 23.6 Å². The third-order valence-electron chi connectivity index (χ3n) is 3.04. The quantitative estimate of drug-likeness (QED) is 0.644. The third kappa shape index (κ3) is 4.45. The van der Waals surface area contributed by atoms with Crippen LogP contribution in [-0.2, 0) is 4.79 Å². The lowest BCUT2D eigenvalue weighted by molar-refractivity contribution is -0.118. The Kier molecular flexibility index (Phi) is 5.79. The molecule has 0 spiro atoms. The molecule has 7 heteroatoms. The van der Waals surface area contributed by atoms with Crippen molar-refractivity contribution in [3.8, 4) is 5.75 Å². The third-order valence-corrected chi connectivity index (χ3v) is 4.90. The molecule has 0 unspecified atom stereocenters. The van der Waals surface area contributed by atoms with Crippen LogP contribution in [0.25, 0.3) is 0 Å². The number of benzene rings is 1. The zero-order valence-electron chi connectivity index (χ0n) is 13.1. The van der Waals surface area contributed by atoms with E-state index in [1.54, 1.807) is 11.8 Å². The average molecular weight is 337 g/mol. The van der Waals surface area contributed by atoms with Crippen LogP contribution < -0.4 is 10.1 Å². The number of anilines is 1. The summed E-state index contributed by atoms with van der Waals surface area (Å²) in [7, 11) is 0. The molecule has 1 N–H and O–H groups in total. The summed E-state index contributed by atoms with van der Waals surface area (Å²) >= 11 is 2.97. The fourth-order valence-corrected chi connectivity index (χ4v) is 3.56. The Morgan fingerprint density at radius 2 is 2.09 bits per heavy atom. The van der Waals surface area contributed by atoms with Crippen LogP contribution in [0.4, 0.5) is 5.13 Å². The highest BCUT2D eigenvalue weighted by Crippen LogP contribution is 2.25. The van der Waals surface area contributed by atoms with E-state index in [1.807, 2.05) is 33.8 Å². The molecule has 118 valence electrons. The minimum absolute atomic E-state index is 0.0421. The number of carbonyl (C=O) groups is 1. The average Bonchev–Trinajstić information content (AvgIpc) is 2.89. The standard InChI is InChI=1S/C15H19N3O2S2/c1-5-21-15-18-17-14(22-15)16-13(19)8-20-12-7-9(2)6-10(3)11(12)4/h6-7H,5,8H2,1-4H3,(H,16,17,19). The zero-order chi connectivity index (χ0) is 16.1. The summed E-state index contributed by atoms with van der Waals surface area (Å²) in [5.74, 6) is 1.44. The van der Waals surface area contributed by atoms with E-state index in [4.69, 9.17) is 4.74 Å². The Balaban J connectivity index is 1.92. The van der Waals surface area contributed by atoms with Gasteiger partial charge < -0.3 is 4.74 Å². The number of amides is 1. The molecule has 0 aliphatic carbocycles. The second-order valence-electron chi connectivity index (χ2n) is 4.85.